The van der Waals surface area contributed by atoms with Gasteiger partial charge in [-0.1, -0.05) is 48.9 Å². The fraction of sp³-hybridized carbons (Fsp3) is 0.375. The summed E-state index contributed by atoms with van der Waals surface area (Å²) in [5.74, 6) is 7.12. The van der Waals surface area contributed by atoms with Crippen LogP contribution < -0.4 is 11.3 Å². The highest BCUT2D eigenvalue weighted by molar-refractivity contribution is 8.00. The highest BCUT2D eigenvalue weighted by Crippen LogP contribution is 2.36. The first-order chi connectivity index (χ1) is 9.40. The molecule has 1 heterocycles. The Hall–Kier alpha value is -1.03. The minimum atomic E-state index is 0.247. The van der Waals surface area contributed by atoms with Crippen molar-refractivity contribution in [3.63, 3.8) is 0 Å². The van der Waals surface area contributed by atoms with E-state index in [1.165, 1.54) is 41.4 Å². The number of rotatable bonds is 3. The van der Waals surface area contributed by atoms with Crippen LogP contribution in [0, 0.1) is 0 Å². The number of hydrogen-bond acceptors (Lipinski definition) is 3. The van der Waals surface area contributed by atoms with E-state index in [0.29, 0.717) is 5.25 Å². The summed E-state index contributed by atoms with van der Waals surface area (Å²) in [4.78, 5) is 0. The maximum atomic E-state index is 5.86. The van der Waals surface area contributed by atoms with Crippen molar-refractivity contribution in [1.82, 2.24) is 5.43 Å². The zero-order valence-corrected chi connectivity index (χ0v) is 11.8. The summed E-state index contributed by atoms with van der Waals surface area (Å²) in [5.41, 5.74) is 4.39. The predicted molar refractivity (Wildman–Crippen MR) is 84.1 cm³/mol. The van der Waals surface area contributed by atoms with E-state index in [-0.39, 0.29) is 6.04 Å². The smallest absolute Gasteiger partial charge is 0.0584 e. The van der Waals surface area contributed by atoms with Gasteiger partial charge in [0.15, 0.2) is 0 Å². The Kier molecular flexibility index (Phi) is 4.06. The van der Waals surface area contributed by atoms with Gasteiger partial charge in [-0.3, -0.25) is 11.3 Å². The number of hydrazine groups is 1. The molecule has 3 N–H and O–H groups in total. The fourth-order valence-electron chi connectivity index (χ4n) is 2.95. The summed E-state index contributed by atoms with van der Waals surface area (Å²) in [5, 5.41) is 3.20. The van der Waals surface area contributed by atoms with Crippen molar-refractivity contribution in [3.05, 3.63) is 48.0 Å². The van der Waals surface area contributed by atoms with Gasteiger partial charge >= 0.3 is 0 Å². The van der Waals surface area contributed by atoms with Crippen LogP contribution in [0.15, 0.2) is 42.5 Å². The molecular formula is C16H20N2S. The Morgan fingerprint density at radius 1 is 1.11 bits per heavy atom. The lowest BCUT2D eigenvalue weighted by molar-refractivity contribution is 0.494. The van der Waals surface area contributed by atoms with Crippen molar-refractivity contribution >= 4 is 22.5 Å². The molecule has 100 valence electrons. The van der Waals surface area contributed by atoms with Gasteiger partial charge in [0.2, 0.25) is 0 Å². The standard InChI is InChI=1S/C16H20N2S/c17-18-16(15-10-3-4-11-19-15)14-9-5-7-12-6-1-2-8-13(12)14/h1-2,5-9,15-16,18H,3-4,10-11,17H2. The molecular weight excluding hydrogens is 252 g/mol. The lowest BCUT2D eigenvalue weighted by Crippen LogP contribution is -2.36. The van der Waals surface area contributed by atoms with Crippen molar-refractivity contribution < 1.29 is 0 Å². The zero-order chi connectivity index (χ0) is 13.1. The van der Waals surface area contributed by atoms with Gasteiger partial charge in [0, 0.05) is 5.25 Å². The molecule has 3 heteroatoms. The summed E-state index contributed by atoms with van der Waals surface area (Å²) < 4.78 is 0. The number of benzene rings is 2. The van der Waals surface area contributed by atoms with Crippen LogP contribution in [0.3, 0.4) is 0 Å². The summed E-state index contributed by atoms with van der Waals surface area (Å²) in [6.45, 7) is 0. The van der Waals surface area contributed by atoms with Crippen LogP contribution in [0.4, 0.5) is 0 Å². The molecule has 3 rings (SSSR count). The Bertz CT molecular complexity index is 544. The Morgan fingerprint density at radius 3 is 2.74 bits per heavy atom. The van der Waals surface area contributed by atoms with E-state index >= 15 is 0 Å². The monoisotopic (exact) mass is 272 g/mol. The van der Waals surface area contributed by atoms with E-state index < -0.39 is 0 Å². The van der Waals surface area contributed by atoms with E-state index in [4.69, 9.17) is 5.84 Å². The number of fused-ring (bicyclic) bond motifs is 1. The molecule has 2 nitrogen and oxygen atoms in total. The minimum absolute atomic E-state index is 0.247. The molecule has 2 atom stereocenters. The minimum Gasteiger partial charge on any atom is -0.271 e. The van der Waals surface area contributed by atoms with Crippen LogP contribution >= 0.6 is 11.8 Å². The van der Waals surface area contributed by atoms with Gasteiger partial charge in [-0.25, -0.2) is 0 Å². The molecule has 1 fully saturated rings. The van der Waals surface area contributed by atoms with Gasteiger partial charge in [-0.05, 0) is 34.9 Å². The third-order valence-electron chi connectivity index (χ3n) is 3.92. The van der Waals surface area contributed by atoms with Crippen LogP contribution in [0.2, 0.25) is 0 Å². The summed E-state index contributed by atoms with van der Waals surface area (Å²) >= 11 is 2.06. The zero-order valence-electron chi connectivity index (χ0n) is 11.0. The summed E-state index contributed by atoms with van der Waals surface area (Å²) in [6.07, 6.45) is 3.91. The molecule has 0 radical (unpaired) electrons. The van der Waals surface area contributed by atoms with Crippen LogP contribution in [-0.2, 0) is 0 Å². The average molecular weight is 272 g/mol. The largest absolute Gasteiger partial charge is 0.271 e. The van der Waals surface area contributed by atoms with Gasteiger partial charge in [-0.2, -0.15) is 11.8 Å². The lowest BCUT2D eigenvalue weighted by atomic mass is 9.95. The van der Waals surface area contributed by atoms with Crippen molar-refractivity contribution in [2.45, 2.75) is 30.6 Å². The van der Waals surface area contributed by atoms with Gasteiger partial charge in [-0.15, -0.1) is 0 Å². The van der Waals surface area contributed by atoms with Crippen molar-refractivity contribution in [2.24, 2.45) is 5.84 Å². The summed E-state index contributed by atoms with van der Waals surface area (Å²) in [6, 6.07) is 15.3. The Morgan fingerprint density at radius 2 is 1.95 bits per heavy atom. The van der Waals surface area contributed by atoms with Gasteiger partial charge in [0.05, 0.1) is 6.04 Å². The quantitative estimate of drug-likeness (QED) is 0.662. The van der Waals surface area contributed by atoms with Gasteiger partial charge in [0.1, 0.15) is 0 Å². The molecule has 2 unspecified atom stereocenters. The van der Waals surface area contributed by atoms with Crippen LogP contribution in [0.25, 0.3) is 10.8 Å². The van der Waals surface area contributed by atoms with Crippen LogP contribution in [0.1, 0.15) is 30.9 Å². The summed E-state index contributed by atoms with van der Waals surface area (Å²) in [7, 11) is 0. The Balaban J connectivity index is 2.00. The van der Waals surface area contributed by atoms with Gasteiger partial charge in [0.25, 0.3) is 0 Å². The third-order valence-corrected chi connectivity index (χ3v) is 5.39. The maximum Gasteiger partial charge on any atom is 0.0584 e. The molecule has 0 amide bonds. The van der Waals surface area contributed by atoms with Gasteiger partial charge < -0.3 is 0 Å². The molecule has 0 aromatic heterocycles. The molecule has 2 aromatic rings. The van der Waals surface area contributed by atoms with Crippen LogP contribution in [-0.4, -0.2) is 11.0 Å². The first-order valence-corrected chi connectivity index (χ1v) is 8.00. The molecule has 1 saturated heterocycles. The van der Waals surface area contributed by atoms with E-state index in [2.05, 4.69) is 59.7 Å². The number of nitrogens with one attached hydrogen (secondary N) is 1. The number of nitrogens with two attached hydrogens (primary N) is 1. The topological polar surface area (TPSA) is 38.0 Å². The number of thioether (sulfide) groups is 1. The highest BCUT2D eigenvalue weighted by atomic mass is 32.2. The second-order valence-corrected chi connectivity index (χ2v) is 6.46. The SMILES string of the molecule is NNC(c1cccc2ccccc12)C1CCCCS1. The highest BCUT2D eigenvalue weighted by Gasteiger charge is 2.25. The lowest BCUT2D eigenvalue weighted by Gasteiger charge is -2.30. The third kappa shape index (κ3) is 2.64. The predicted octanol–water partition coefficient (Wildman–Crippen LogP) is 3.63. The van der Waals surface area contributed by atoms with Crippen molar-refractivity contribution in [3.8, 4) is 0 Å². The molecule has 2 aromatic carbocycles. The molecule has 1 aliphatic heterocycles. The van der Waals surface area contributed by atoms with E-state index in [1.54, 1.807) is 0 Å². The van der Waals surface area contributed by atoms with E-state index in [0.717, 1.165) is 0 Å². The van der Waals surface area contributed by atoms with Crippen molar-refractivity contribution in [1.29, 1.82) is 0 Å². The van der Waals surface area contributed by atoms with Crippen molar-refractivity contribution in [2.75, 3.05) is 5.75 Å². The second kappa shape index (κ2) is 5.95. The molecule has 0 saturated carbocycles. The van der Waals surface area contributed by atoms with E-state index in [1.807, 2.05) is 0 Å². The first-order valence-electron chi connectivity index (χ1n) is 6.95. The van der Waals surface area contributed by atoms with Crippen LogP contribution in [0.5, 0.6) is 0 Å². The second-order valence-electron chi connectivity index (χ2n) is 5.12. The number of hydrogen-bond donors (Lipinski definition) is 2. The fourth-order valence-corrected chi connectivity index (χ4v) is 4.37. The first kappa shape index (κ1) is 13.0. The average Bonchev–Trinajstić information content (AvgIpc) is 2.49. The molecule has 1 aliphatic rings. The molecule has 0 bridgehead atoms. The molecule has 0 aliphatic carbocycles. The molecule has 0 spiro atoms. The normalized spacial score (nSPS) is 21.4. The van der Waals surface area contributed by atoms with E-state index in [9.17, 15) is 0 Å². The Labute approximate surface area is 118 Å². The molecule has 19 heavy (non-hydrogen) atoms. The maximum absolute atomic E-state index is 5.86.